The van der Waals surface area contributed by atoms with Gasteiger partial charge in [-0.15, -0.1) is 22.7 Å². The van der Waals surface area contributed by atoms with Crippen molar-refractivity contribution >= 4 is 40.3 Å². The standard InChI is InChI=1S/C20H21N3OS3/c24-19(23-9-3-4-14(12-23)18-21-6-11-26-18)17-15-5-10-25-13-16(15)27-20(17)22-7-1-2-8-22/h1-2,6-8,11,14H,3-5,9-10,12-13H2. The summed E-state index contributed by atoms with van der Waals surface area (Å²) in [6.45, 7) is 1.64. The van der Waals surface area contributed by atoms with E-state index in [2.05, 4.69) is 26.8 Å². The van der Waals surface area contributed by atoms with Crippen LogP contribution in [0.4, 0.5) is 0 Å². The first-order valence-electron chi connectivity index (χ1n) is 9.35. The molecule has 140 valence electrons. The summed E-state index contributed by atoms with van der Waals surface area (Å²) in [7, 11) is 0. The Hall–Kier alpha value is -1.57. The number of amides is 1. The quantitative estimate of drug-likeness (QED) is 0.616. The van der Waals surface area contributed by atoms with Gasteiger partial charge in [-0.05, 0) is 42.7 Å². The molecule has 0 saturated carbocycles. The van der Waals surface area contributed by atoms with Gasteiger partial charge in [-0.3, -0.25) is 4.79 Å². The third kappa shape index (κ3) is 3.26. The molecule has 2 aliphatic heterocycles. The molecule has 0 aromatic carbocycles. The summed E-state index contributed by atoms with van der Waals surface area (Å²) in [6.07, 6.45) is 9.16. The van der Waals surface area contributed by atoms with Crippen molar-refractivity contribution in [1.29, 1.82) is 0 Å². The first kappa shape index (κ1) is 17.5. The lowest BCUT2D eigenvalue weighted by molar-refractivity contribution is 0.0706. The number of piperidine rings is 1. The Bertz CT molecular complexity index is 930. The number of hydrogen-bond acceptors (Lipinski definition) is 5. The van der Waals surface area contributed by atoms with Crippen molar-refractivity contribution in [3.63, 3.8) is 0 Å². The lowest BCUT2D eigenvalue weighted by Gasteiger charge is -2.32. The van der Waals surface area contributed by atoms with Crippen LogP contribution in [0.25, 0.3) is 5.00 Å². The molecular formula is C20H21N3OS3. The Kier molecular flexibility index (Phi) is 4.83. The van der Waals surface area contributed by atoms with E-state index < -0.39 is 0 Å². The minimum Gasteiger partial charge on any atom is -0.338 e. The smallest absolute Gasteiger partial charge is 0.257 e. The van der Waals surface area contributed by atoms with Gasteiger partial charge in [-0.2, -0.15) is 11.8 Å². The fourth-order valence-electron chi connectivity index (χ4n) is 4.05. The average Bonchev–Trinajstić information content (AvgIpc) is 3.47. The molecule has 3 aromatic rings. The number of nitrogens with zero attached hydrogens (tertiary/aromatic N) is 3. The number of rotatable bonds is 3. The molecule has 0 N–H and O–H groups in total. The van der Waals surface area contributed by atoms with Crippen LogP contribution < -0.4 is 0 Å². The summed E-state index contributed by atoms with van der Waals surface area (Å²) < 4.78 is 2.11. The number of carbonyl (C=O) groups excluding carboxylic acids is 1. The summed E-state index contributed by atoms with van der Waals surface area (Å²) in [4.78, 5) is 21.6. The molecule has 27 heavy (non-hydrogen) atoms. The van der Waals surface area contributed by atoms with Gasteiger partial charge in [0.15, 0.2) is 0 Å². The summed E-state index contributed by atoms with van der Waals surface area (Å²) in [5.41, 5.74) is 2.25. The van der Waals surface area contributed by atoms with Crippen LogP contribution in [-0.2, 0) is 12.2 Å². The molecule has 1 atom stereocenters. The number of thiazole rings is 1. The number of carbonyl (C=O) groups is 1. The molecule has 1 amide bonds. The van der Waals surface area contributed by atoms with E-state index in [0.29, 0.717) is 5.92 Å². The molecule has 4 nitrogen and oxygen atoms in total. The van der Waals surface area contributed by atoms with Gasteiger partial charge in [0.1, 0.15) is 5.00 Å². The molecule has 0 aliphatic carbocycles. The van der Waals surface area contributed by atoms with E-state index >= 15 is 0 Å². The van der Waals surface area contributed by atoms with Gasteiger partial charge in [0.05, 0.1) is 10.6 Å². The number of thiophene rings is 1. The van der Waals surface area contributed by atoms with Gasteiger partial charge in [0.2, 0.25) is 0 Å². The van der Waals surface area contributed by atoms with Crippen LogP contribution in [0, 0.1) is 0 Å². The summed E-state index contributed by atoms with van der Waals surface area (Å²) in [6, 6.07) is 4.06. The Morgan fingerprint density at radius 1 is 1.26 bits per heavy atom. The Balaban J connectivity index is 1.50. The molecule has 0 radical (unpaired) electrons. The number of hydrogen-bond donors (Lipinski definition) is 0. The van der Waals surface area contributed by atoms with Crippen molar-refractivity contribution in [2.75, 3.05) is 18.8 Å². The van der Waals surface area contributed by atoms with E-state index in [0.717, 1.165) is 54.4 Å². The van der Waals surface area contributed by atoms with Crippen LogP contribution in [-0.4, -0.2) is 39.2 Å². The molecule has 7 heteroatoms. The SMILES string of the molecule is O=C(c1c(-n2cccc2)sc2c1CCSC2)N1CCCC(c2nccs2)C1. The molecule has 1 fully saturated rings. The van der Waals surface area contributed by atoms with Crippen molar-refractivity contribution in [2.24, 2.45) is 0 Å². The van der Waals surface area contributed by atoms with Crippen LogP contribution in [0.5, 0.6) is 0 Å². The second kappa shape index (κ2) is 7.45. The van der Waals surface area contributed by atoms with E-state index in [1.807, 2.05) is 35.5 Å². The molecule has 2 aliphatic rings. The number of fused-ring (bicyclic) bond motifs is 1. The number of aromatic nitrogens is 2. The normalized spacial score (nSPS) is 19.9. The predicted molar refractivity (Wildman–Crippen MR) is 114 cm³/mol. The minimum atomic E-state index is 0.212. The van der Waals surface area contributed by atoms with Crippen LogP contribution >= 0.6 is 34.4 Å². The number of thioether (sulfide) groups is 1. The van der Waals surface area contributed by atoms with Crippen LogP contribution in [0.2, 0.25) is 0 Å². The van der Waals surface area contributed by atoms with E-state index in [4.69, 9.17) is 0 Å². The van der Waals surface area contributed by atoms with Crippen molar-refractivity contribution in [3.05, 3.63) is 57.1 Å². The number of likely N-dealkylation sites (tertiary alicyclic amines) is 1. The van der Waals surface area contributed by atoms with Gasteiger partial charge in [-0.25, -0.2) is 4.98 Å². The fourth-order valence-corrected chi connectivity index (χ4v) is 7.25. The maximum atomic E-state index is 13.7. The second-order valence-electron chi connectivity index (χ2n) is 7.04. The highest BCUT2D eigenvalue weighted by atomic mass is 32.2. The van der Waals surface area contributed by atoms with Gasteiger partial charge in [-0.1, -0.05) is 0 Å². The van der Waals surface area contributed by atoms with Gasteiger partial charge in [0.25, 0.3) is 5.91 Å². The zero-order valence-electron chi connectivity index (χ0n) is 15.0. The molecule has 5 rings (SSSR count). The fraction of sp³-hybridized carbons (Fsp3) is 0.400. The topological polar surface area (TPSA) is 38.1 Å². The highest BCUT2D eigenvalue weighted by Crippen LogP contribution is 2.39. The first-order chi connectivity index (χ1) is 13.3. The summed E-state index contributed by atoms with van der Waals surface area (Å²) >= 11 is 5.48. The molecule has 1 saturated heterocycles. The van der Waals surface area contributed by atoms with Crippen molar-refractivity contribution in [1.82, 2.24) is 14.5 Å². The van der Waals surface area contributed by atoms with Crippen molar-refractivity contribution in [2.45, 2.75) is 30.9 Å². The van der Waals surface area contributed by atoms with Crippen molar-refractivity contribution < 1.29 is 4.79 Å². The van der Waals surface area contributed by atoms with Gasteiger partial charge >= 0.3 is 0 Å². The van der Waals surface area contributed by atoms with E-state index in [9.17, 15) is 4.79 Å². The predicted octanol–water partition coefficient (Wildman–Crippen LogP) is 4.80. The third-order valence-electron chi connectivity index (χ3n) is 5.36. The largest absolute Gasteiger partial charge is 0.338 e. The summed E-state index contributed by atoms with van der Waals surface area (Å²) in [5.74, 6) is 2.73. The zero-order chi connectivity index (χ0) is 18.2. The highest BCUT2D eigenvalue weighted by molar-refractivity contribution is 7.98. The Morgan fingerprint density at radius 2 is 2.15 bits per heavy atom. The maximum absolute atomic E-state index is 13.7. The van der Waals surface area contributed by atoms with E-state index in [1.165, 1.54) is 15.4 Å². The maximum Gasteiger partial charge on any atom is 0.257 e. The second-order valence-corrected chi connectivity index (χ2v) is 10.2. The van der Waals surface area contributed by atoms with Gasteiger partial charge in [0, 0.05) is 53.6 Å². The monoisotopic (exact) mass is 415 g/mol. The Labute approximate surface area is 171 Å². The van der Waals surface area contributed by atoms with Crippen LogP contribution in [0.15, 0.2) is 36.1 Å². The lowest BCUT2D eigenvalue weighted by Crippen LogP contribution is -2.39. The van der Waals surface area contributed by atoms with Crippen LogP contribution in [0.3, 0.4) is 0 Å². The van der Waals surface area contributed by atoms with E-state index in [1.54, 1.807) is 22.7 Å². The molecule has 1 unspecified atom stereocenters. The zero-order valence-corrected chi connectivity index (χ0v) is 17.4. The molecule has 5 heterocycles. The lowest BCUT2D eigenvalue weighted by atomic mass is 9.97. The highest BCUT2D eigenvalue weighted by Gasteiger charge is 2.32. The summed E-state index contributed by atoms with van der Waals surface area (Å²) in [5, 5.41) is 4.29. The molecule has 3 aromatic heterocycles. The minimum absolute atomic E-state index is 0.212. The third-order valence-corrected chi connectivity index (χ3v) is 8.72. The molecular weight excluding hydrogens is 394 g/mol. The first-order valence-corrected chi connectivity index (χ1v) is 12.2. The molecule has 0 bridgehead atoms. The van der Waals surface area contributed by atoms with E-state index in [-0.39, 0.29) is 5.91 Å². The van der Waals surface area contributed by atoms with Crippen molar-refractivity contribution in [3.8, 4) is 5.00 Å². The average molecular weight is 416 g/mol. The van der Waals surface area contributed by atoms with Crippen LogP contribution in [0.1, 0.15) is 44.6 Å². The Morgan fingerprint density at radius 3 is 2.96 bits per heavy atom. The molecule has 0 spiro atoms. The van der Waals surface area contributed by atoms with Gasteiger partial charge < -0.3 is 9.47 Å².